The molecule has 1 aliphatic carbocycles. The van der Waals surface area contributed by atoms with Crippen LogP contribution in [0.3, 0.4) is 0 Å². The molecule has 0 saturated heterocycles. The van der Waals surface area contributed by atoms with E-state index in [0.717, 1.165) is 18.0 Å². The van der Waals surface area contributed by atoms with Crippen LogP contribution in [0, 0.1) is 11.8 Å². The SMILES string of the molecule is COc1ccc(NC(=O)CC2CCCC(C)C2)cc1N.Cl. The molecule has 1 amide bonds. The molecule has 1 fully saturated rings. The van der Waals surface area contributed by atoms with Gasteiger partial charge in [0.1, 0.15) is 5.75 Å². The van der Waals surface area contributed by atoms with Crippen molar-refractivity contribution in [1.82, 2.24) is 0 Å². The van der Waals surface area contributed by atoms with E-state index in [1.807, 2.05) is 6.07 Å². The third-order valence-corrected chi connectivity index (χ3v) is 4.03. The Balaban J connectivity index is 0.00000220. The Kier molecular flexibility index (Phi) is 6.82. The summed E-state index contributed by atoms with van der Waals surface area (Å²) in [5.41, 5.74) is 7.11. The van der Waals surface area contributed by atoms with Crippen molar-refractivity contribution in [3.8, 4) is 5.75 Å². The predicted molar refractivity (Wildman–Crippen MR) is 89.0 cm³/mol. The number of benzene rings is 1. The van der Waals surface area contributed by atoms with Gasteiger partial charge in [-0.25, -0.2) is 0 Å². The number of ether oxygens (including phenoxy) is 1. The molecule has 0 spiro atoms. The number of methoxy groups -OCH3 is 1. The molecule has 4 nitrogen and oxygen atoms in total. The van der Waals surface area contributed by atoms with Crippen molar-refractivity contribution in [3.05, 3.63) is 18.2 Å². The Morgan fingerprint density at radius 2 is 2.19 bits per heavy atom. The summed E-state index contributed by atoms with van der Waals surface area (Å²) in [5, 5.41) is 2.92. The number of rotatable bonds is 4. The smallest absolute Gasteiger partial charge is 0.224 e. The van der Waals surface area contributed by atoms with Crippen LogP contribution >= 0.6 is 12.4 Å². The van der Waals surface area contributed by atoms with Crippen LogP contribution in [0.15, 0.2) is 18.2 Å². The number of nitrogens with one attached hydrogen (secondary N) is 1. The number of hydrogen-bond acceptors (Lipinski definition) is 3. The molecular formula is C16H25ClN2O2. The summed E-state index contributed by atoms with van der Waals surface area (Å²) in [6.45, 7) is 2.27. The normalized spacial score (nSPS) is 21.2. The Labute approximate surface area is 132 Å². The Morgan fingerprint density at radius 1 is 1.43 bits per heavy atom. The monoisotopic (exact) mass is 312 g/mol. The van der Waals surface area contributed by atoms with Gasteiger partial charge in [0, 0.05) is 12.1 Å². The maximum absolute atomic E-state index is 12.1. The van der Waals surface area contributed by atoms with Crippen LogP contribution in [0.1, 0.15) is 39.0 Å². The van der Waals surface area contributed by atoms with Gasteiger partial charge in [0.15, 0.2) is 0 Å². The molecule has 1 saturated carbocycles. The lowest BCUT2D eigenvalue weighted by atomic mass is 9.81. The first-order valence-electron chi connectivity index (χ1n) is 7.32. The molecular weight excluding hydrogens is 288 g/mol. The lowest BCUT2D eigenvalue weighted by molar-refractivity contribution is -0.117. The van der Waals surface area contributed by atoms with Crippen molar-refractivity contribution >= 4 is 29.7 Å². The van der Waals surface area contributed by atoms with Crippen LogP contribution in [-0.4, -0.2) is 13.0 Å². The highest BCUT2D eigenvalue weighted by atomic mass is 35.5. The van der Waals surface area contributed by atoms with Crippen LogP contribution in [-0.2, 0) is 4.79 Å². The fourth-order valence-electron chi connectivity index (χ4n) is 3.03. The number of nitrogens with two attached hydrogens (primary N) is 1. The van der Waals surface area contributed by atoms with Gasteiger partial charge in [0.25, 0.3) is 0 Å². The van der Waals surface area contributed by atoms with Crippen LogP contribution in [0.2, 0.25) is 0 Å². The highest BCUT2D eigenvalue weighted by molar-refractivity contribution is 5.91. The third kappa shape index (κ3) is 5.12. The second kappa shape index (κ2) is 8.13. The predicted octanol–water partition coefficient (Wildman–Crippen LogP) is 3.85. The van der Waals surface area contributed by atoms with Gasteiger partial charge in [-0.05, 0) is 42.9 Å². The Hall–Kier alpha value is -1.42. The van der Waals surface area contributed by atoms with Crippen molar-refractivity contribution < 1.29 is 9.53 Å². The summed E-state index contributed by atoms with van der Waals surface area (Å²) in [6.07, 6.45) is 5.48. The maximum Gasteiger partial charge on any atom is 0.224 e. The molecule has 21 heavy (non-hydrogen) atoms. The first-order chi connectivity index (χ1) is 9.58. The van der Waals surface area contributed by atoms with Gasteiger partial charge in [0.2, 0.25) is 5.91 Å². The number of carbonyl (C=O) groups excluding carboxylic acids is 1. The minimum Gasteiger partial charge on any atom is -0.495 e. The van der Waals surface area contributed by atoms with Crippen LogP contribution < -0.4 is 15.8 Å². The second-order valence-electron chi connectivity index (χ2n) is 5.85. The van der Waals surface area contributed by atoms with E-state index in [9.17, 15) is 4.79 Å². The summed E-state index contributed by atoms with van der Waals surface area (Å²) in [5.74, 6) is 1.98. The highest BCUT2D eigenvalue weighted by Gasteiger charge is 2.21. The summed E-state index contributed by atoms with van der Waals surface area (Å²) in [4.78, 5) is 12.1. The molecule has 2 rings (SSSR count). The molecule has 1 aromatic carbocycles. The zero-order valence-corrected chi connectivity index (χ0v) is 13.5. The minimum atomic E-state index is 0. The van der Waals surface area contributed by atoms with E-state index < -0.39 is 0 Å². The Bertz CT molecular complexity index is 479. The average molecular weight is 313 g/mol. The fraction of sp³-hybridized carbons (Fsp3) is 0.562. The summed E-state index contributed by atoms with van der Waals surface area (Å²) >= 11 is 0. The van der Waals surface area contributed by atoms with Gasteiger partial charge < -0.3 is 15.8 Å². The molecule has 0 radical (unpaired) electrons. The lowest BCUT2D eigenvalue weighted by Gasteiger charge is -2.26. The van der Waals surface area contributed by atoms with Crippen LogP contribution in [0.5, 0.6) is 5.75 Å². The summed E-state index contributed by atoms with van der Waals surface area (Å²) in [7, 11) is 1.58. The van der Waals surface area contributed by atoms with E-state index >= 15 is 0 Å². The van der Waals surface area contributed by atoms with E-state index in [1.165, 1.54) is 19.3 Å². The molecule has 2 atom stereocenters. The standard InChI is InChI=1S/C16H24N2O2.ClH/c1-11-4-3-5-12(8-11)9-16(19)18-13-6-7-15(20-2)14(17)10-13;/h6-7,10-12H,3-5,8-9,17H2,1-2H3,(H,18,19);1H. The molecule has 1 aromatic rings. The zero-order chi connectivity index (χ0) is 14.5. The highest BCUT2D eigenvalue weighted by Crippen LogP contribution is 2.31. The molecule has 5 heteroatoms. The van der Waals surface area contributed by atoms with Crippen molar-refractivity contribution in [1.29, 1.82) is 0 Å². The minimum absolute atomic E-state index is 0. The molecule has 0 bridgehead atoms. The van der Waals surface area contributed by atoms with Crippen LogP contribution in [0.4, 0.5) is 11.4 Å². The average Bonchev–Trinajstić information content (AvgIpc) is 2.38. The van der Waals surface area contributed by atoms with Crippen LogP contribution in [0.25, 0.3) is 0 Å². The zero-order valence-electron chi connectivity index (χ0n) is 12.7. The molecule has 118 valence electrons. The molecule has 2 unspecified atom stereocenters. The van der Waals surface area contributed by atoms with Gasteiger partial charge in [-0.3, -0.25) is 4.79 Å². The molecule has 0 aliphatic heterocycles. The number of halogens is 1. The Morgan fingerprint density at radius 3 is 2.81 bits per heavy atom. The molecule has 3 N–H and O–H groups in total. The van der Waals surface area contributed by atoms with E-state index in [1.54, 1.807) is 19.2 Å². The molecule has 0 heterocycles. The van der Waals surface area contributed by atoms with Gasteiger partial charge in [-0.2, -0.15) is 0 Å². The molecule has 0 aromatic heterocycles. The van der Waals surface area contributed by atoms with Crippen molar-refractivity contribution in [3.63, 3.8) is 0 Å². The van der Waals surface area contributed by atoms with Crippen molar-refractivity contribution in [2.45, 2.75) is 39.0 Å². The van der Waals surface area contributed by atoms with E-state index in [0.29, 0.717) is 23.8 Å². The number of hydrogen-bond donors (Lipinski definition) is 2. The van der Waals surface area contributed by atoms with E-state index in [-0.39, 0.29) is 18.3 Å². The molecule has 1 aliphatic rings. The maximum atomic E-state index is 12.1. The number of amides is 1. The first-order valence-corrected chi connectivity index (χ1v) is 7.32. The number of anilines is 2. The largest absolute Gasteiger partial charge is 0.495 e. The van der Waals surface area contributed by atoms with Gasteiger partial charge in [-0.15, -0.1) is 12.4 Å². The fourth-order valence-corrected chi connectivity index (χ4v) is 3.03. The topological polar surface area (TPSA) is 64.3 Å². The summed E-state index contributed by atoms with van der Waals surface area (Å²) < 4.78 is 5.10. The number of carbonyl (C=O) groups is 1. The van der Waals surface area contributed by atoms with E-state index in [2.05, 4.69) is 12.2 Å². The van der Waals surface area contributed by atoms with Gasteiger partial charge in [-0.1, -0.05) is 19.8 Å². The lowest BCUT2D eigenvalue weighted by Crippen LogP contribution is -2.21. The van der Waals surface area contributed by atoms with Crippen molar-refractivity contribution in [2.24, 2.45) is 11.8 Å². The van der Waals surface area contributed by atoms with Gasteiger partial charge in [0.05, 0.1) is 12.8 Å². The van der Waals surface area contributed by atoms with E-state index in [4.69, 9.17) is 10.5 Å². The first kappa shape index (κ1) is 17.6. The van der Waals surface area contributed by atoms with Crippen molar-refractivity contribution in [2.75, 3.05) is 18.2 Å². The third-order valence-electron chi connectivity index (χ3n) is 4.03. The quantitative estimate of drug-likeness (QED) is 0.830. The summed E-state index contributed by atoms with van der Waals surface area (Å²) in [6, 6.07) is 5.32. The van der Waals surface area contributed by atoms with Gasteiger partial charge >= 0.3 is 0 Å². The second-order valence-corrected chi connectivity index (χ2v) is 5.85. The number of nitrogen functional groups attached to an aromatic ring is 1.